The van der Waals surface area contributed by atoms with Crippen molar-refractivity contribution in [3.05, 3.63) is 47.5 Å². The molecular formula is C18H24F3N5. The Morgan fingerprint density at radius 2 is 1.81 bits per heavy atom. The Hall–Kier alpha value is -2.06. The number of halogens is 3. The minimum Gasteiger partial charge on any atom is -0.369 e. The number of nitrogens with zero attached hydrogens (tertiary/aromatic N) is 4. The summed E-state index contributed by atoms with van der Waals surface area (Å²) in [6.45, 7) is 4.31. The zero-order valence-electron chi connectivity index (χ0n) is 15.1. The van der Waals surface area contributed by atoms with Crippen LogP contribution in [0, 0.1) is 0 Å². The molecule has 0 aliphatic carbocycles. The summed E-state index contributed by atoms with van der Waals surface area (Å²) in [5.74, 6) is 0. The van der Waals surface area contributed by atoms with E-state index in [1.54, 1.807) is 12.4 Å². The van der Waals surface area contributed by atoms with Crippen LogP contribution in [0.3, 0.4) is 0 Å². The van der Waals surface area contributed by atoms with Crippen LogP contribution in [-0.4, -0.2) is 47.7 Å². The van der Waals surface area contributed by atoms with E-state index < -0.39 is 11.7 Å². The maximum atomic E-state index is 13.1. The van der Waals surface area contributed by atoms with Crippen molar-refractivity contribution in [2.75, 3.05) is 38.1 Å². The van der Waals surface area contributed by atoms with E-state index in [2.05, 4.69) is 27.1 Å². The number of aromatic nitrogens is 2. The lowest BCUT2D eigenvalue weighted by molar-refractivity contribution is -0.137. The molecule has 2 aromatic rings. The molecule has 0 amide bonds. The average Bonchev–Trinajstić information content (AvgIpc) is 3.00. The van der Waals surface area contributed by atoms with Crippen molar-refractivity contribution >= 4 is 5.69 Å². The second kappa shape index (κ2) is 7.67. The highest BCUT2D eigenvalue weighted by Crippen LogP contribution is 2.33. The minimum absolute atomic E-state index is 0.363. The van der Waals surface area contributed by atoms with Gasteiger partial charge in [-0.2, -0.15) is 13.2 Å². The molecule has 0 spiro atoms. The molecule has 0 saturated carbocycles. The number of piperazine rings is 1. The van der Waals surface area contributed by atoms with Gasteiger partial charge in [0.25, 0.3) is 0 Å². The first-order valence-electron chi connectivity index (χ1n) is 8.64. The number of alkyl halides is 3. The third-order valence-corrected chi connectivity index (χ3v) is 4.63. The van der Waals surface area contributed by atoms with Crippen LogP contribution in [0.25, 0.3) is 0 Å². The first-order valence-corrected chi connectivity index (χ1v) is 8.64. The summed E-state index contributed by atoms with van der Waals surface area (Å²) in [5.41, 5.74) is 1.80. The number of hydrogen-bond donors (Lipinski definition) is 1. The van der Waals surface area contributed by atoms with Crippen molar-refractivity contribution in [1.29, 1.82) is 0 Å². The van der Waals surface area contributed by atoms with Gasteiger partial charge in [0.05, 0.1) is 17.6 Å². The molecule has 3 rings (SSSR count). The van der Waals surface area contributed by atoms with Crippen molar-refractivity contribution in [2.24, 2.45) is 7.05 Å². The number of nitrogens with one attached hydrogen (secondary N) is 1. The van der Waals surface area contributed by atoms with E-state index >= 15 is 0 Å². The van der Waals surface area contributed by atoms with Gasteiger partial charge in [0.1, 0.15) is 0 Å². The van der Waals surface area contributed by atoms with Crippen LogP contribution >= 0.6 is 0 Å². The molecule has 142 valence electrons. The van der Waals surface area contributed by atoms with Crippen LogP contribution in [0.4, 0.5) is 18.9 Å². The predicted molar refractivity (Wildman–Crippen MR) is 94.9 cm³/mol. The van der Waals surface area contributed by atoms with Crippen LogP contribution < -0.4 is 10.2 Å². The van der Waals surface area contributed by atoms with Crippen molar-refractivity contribution in [2.45, 2.75) is 19.3 Å². The van der Waals surface area contributed by atoms with Gasteiger partial charge in [-0.3, -0.25) is 0 Å². The minimum atomic E-state index is -4.34. The maximum Gasteiger partial charge on any atom is 0.416 e. The second-order valence-corrected chi connectivity index (χ2v) is 6.77. The summed E-state index contributed by atoms with van der Waals surface area (Å²) in [6, 6.07) is 4.04. The van der Waals surface area contributed by atoms with Crippen LogP contribution in [0.15, 0.2) is 30.7 Å². The summed E-state index contributed by atoms with van der Waals surface area (Å²) < 4.78 is 41.2. The molecule has 1 aromatic carbocycles. The maximum absolute atomic E-state index is 13.1. The van der Waals surface area contributed by atoms with Crippen molar-refractivity contribution in [3.8, 4) is 0 Å². The van der Waals surface area contributed by atoms with Gasteiger partial charge in [-0.15, -0.1) is 0 Å². The Balaban J connectivity index is 1.76. The van der Waals surface area contributed by atoms with Crippen LogP contribution in [0.5, 0.6) is 0 Å². The average molecular weight is 367 g/mol. The lowest BCUT2D eigenvalue weighted by Crippen LogP contribution is -2.45. The molecule has 1 saturated heterocycles. The highest BCUT2D eigenvalue weighted by atomic mass is 19.4. The normalized spacial score (nSPS) is 16.3. The molecule has 26 heavy (non-hydrogen) atoms. The van der Waals surface area contributed by atoms with E-state index in [4.69, 9.17) is 0 Å². The van der Waals surface area contributed by atoms with Crippen LogP contribution in [0.1, 0.15) is 16.8 Å². The molecule has 1 aliphatic rings. The number of benzene rings is 1. The Labute approximate surface area is 151 Å². The molecule has 1 aliphatic heterocycles. The van der Waals surface area contributed by atoms with E-state index in [0.29, 0.717) is 18.7 Å². The Morgan fingerprint density at radius 1 is 1.08 bits per heavy atom. The number of aryl methyl sites for hydroxylation is 1. The zero-order chi connectivity index (χ0) is 18.7. The van der Waals surface area contributed by atoms with Gasteiger partial charge < -0.3 is 19.7 Å². The van der Waals surface area contributed by atoms with Gasteiger partial charge in [-0.1, -0.05) is 0 Å². The van der Waals surface area contributed by atoms with Gasteiger partial charge in [-0.25, -0.2) is 4.98 Å². The Bertz CT molecular complexity index is 733. The number of imidazole rings is 1. The van der Waals surface area contributed by atoms with E-state index in [1.165, 1.54) is 12.1 Å². The van der Waals surface area contributed by atoms with Gasteiger partial charge >= 0.3 is 6.18 Å². The standard InChI is InChI=1S/C18H24F3N5/c1-24-5-7-26(8-6-24)17-4-3-15(18(19,20)21)9-14(17)10-22-11-16-12-25(2)13-23-16/h3-4,9,12-13,22H,5-8,10-11H2,1-2H3. The fraction of sp³-hybridized carbons (Fsp3) is 0.500. The predicted octanol–water partition coefficient (Wildman–Crippen LogP) is 2.48. The summed E-state index contributed by atoms with van der Waals surface area (Å²) in [5, 5.41) is 3.22. The van der Waals surface area contributed by atoms with Gasteiger partial charge in [0.15, 0.2) is 0 Å². The van der Waals surface area contributed by atoms with Crippen LogP contribution in [-0.2, 0) is 26.3 Å². The molecule has 5 nitrogen and oxygen atoms in total. The largest absolute Gasteiger partial charge is 0.416 e. The number of likely N-dealkylation sites (N-methyl/N-ethyl adjacent to an activating group) is 1. The van der Waals surface area contributed by atoms with Gasteiger partial charge in [-0.05, 0) is 30.8 Å². The topological polar surface area (TPSA) is 36.3 Å². The molecule has 1 fully saturated rings. The van der Waals surface area contributed by atoms with Crippen molar-refractivity contribution < 1.29 is 13.2 Å². The molecule has 1 N–H and O–H groups in total. The Morgan fingerprint density at radius 3 is 2.42 bits per heavy atom. The van der Waals surface area contributed by atoms with E-state index in [9.17, 15) is 13.2 Å². The lowest BCUT2D eigenvalue weighted by atomic mass is 10.1. The summed E-state index contributed by atoms with van der Waals surface area (Å²) in [4.78, 5) is 8.62. The van der Waals surface area contributed by atoms with E-state index in [-0.39, 0.29) is 0 Å². The lowest BCUT2D eigenvalue weighted by Gasteiger charge is -2.35. The van der Waals surface area contributed by atoms with Gasteiger partial charge in [0, 0.05) is 58.2 Å². The van der Waals surface area contributed by atoms with Gasteiger partial charge in [0.2, 0.25) is 0 Å². The summed E-state index contributed by atoms with van der Waals surface area (Å²) in [6.07, 6.45) is -0.742. The molecule has 0 unspecified atom stereocenters. The first kappa shape index (κ1) is 18.7. The van der Waals surface area contributed by atoms with E-state index in [0.717, 1.165) is 37.6 Å². The highest BCUT2D eigenvalue weighted by Gasteiger charge is 2.31. The van der Waals surface area contributed by atoms with E-state index in [1.807, 2.05) is 17.8 Å². The van der Waals surface area contributed by atoms with Crippen LogP contribution in [0.2, 0.25) is 0 Å². The fourth-order valence-corrected chi connectivity index (χ4v) is 3.14. The van der Waals surface area contributed by atoms with Crippen molar-refractivity contribution in [3.63, 3.8) is 0 Å². The Kier molecular flexibility index (Phi) is 5.52. The zero-order valence-corrected chi connectivity index (χ0v) is 15.1. The quantitative estimate of drug-likeness (QED) is 0.881. The molecule has 1 aromatic heterocycles. The summed E-state index contributed by atoms with van der Waals surface area (Å²) >= 11 is 0. The first-order chi connectivity index (χ1) is 12.3. The number of hydrogen-bond acceptors (Lipinski definition) is 4. The summed E-state index contributed by atoms with van der Waals surface area (Å²) in [7, 11) is 3.94. The molecular weight excluding hydrogens is 343 g/mol. The number of rotatable bonds is 5. The second-order valence-electron chi connectivity index (χ2n) is 6.77. The SMILES string of the molecule is CN1CCN(c2ccc(C(F)(F)F)cc2CNCc2cn(C)cn2)CC1. The molecule has 0 bridgehead atoms. The fourth-order valence-electron chi connectivity index (χ4n) is 3.14. The third kappa shape index (κ3) is 4.56. The molecule has 2 heterocycles. The third-order valence-electron chi connectivity index (χ3n) is 4.63. The monoisotopic (exact) mass is 367 g/mol. The molecule has 0 atom stereocenters. The highest BCUT2D eigenvalue weighted by molar-refractivity contribution is 5.56. The number of anilines is 1. The molecule has 0 radical (unpaired) electrons. The smallest absolute Gasteiger partial charge is 0.369 e. The van der Waals surface area contributed by atoms with Crippen molar-refractivity contribution in [1.82, 2.24) is 19.8 Å². The molecule has 8 heteroatoms.